The highest BCUT2D eigenvalue weighted by Gasteiger charge is 2.04. The maximum atomic E-state index is 9.10. The number of ether oxygens (including phenoxy) is 1. The normalized spacial score (nSPS) is 11.1. The summed E-state index contributed by atoms with van der Waals surface area (Å²) in [7, 11) is 3.25. The largest absolute Gasteiger partial charge is 0.473 e. The molecule has 0 saturated carbocycles. The monoisotopic (exact) mass is 209 g/mol. The van der Waals surface area contributed by atoms with E-state index in [4.69, 9.17) is 24.5 Å². The van der Waals surface area contributed by atoms with Crippen LogP contribution in [0.25, 0.3) is 0 Å². The van der Waals surface area contributed by atoms with Gasteiger partial charge in [-0.05, 0) is 6.92 Å². The molecule has 0 amide bonds. The zero-order valence-corrected chi connectivity index (χ0v) is 8.31. The minimum Gasteiger partial charge on any atom is -0.473 e. The van der Waals surface area contributed by atoms with E-state index in [0.717, 1.165) is 0 Å². The fraction of sp³-hybridized carbons (Fsp3) is 0.714. The van der Waals surface area contributed by atoms with Gasteiger partial charge in [-0.3, -0.25) is 0 Å². The second-order valence-electron chi connectivity index (χ2n) is 2.29. The Kier molecular flexibility index (Phi) is 10.8. The van der Waals surface area contributed by atoms with Crippen molar-refractivity contribution in [3.63, 3.8) is 0 Å². The smallest absolute Gasteiger partial charge is 0.414 e. The van der Waals surface area contributed by atoms with Crippen LogP contribution in [0.5, 0.6) is 0 Å². The molecular formula is C7H15NO6. The van der Waals surface area contributed by atoms with Gasteiger partial charge in [0.05, 0.1) is 19.8 Å². The van der Waals surface area contributed by atoms with Crippen LogP contribution in [-0.4, -0.2) is 49.0 Å². The molecular weight excluding hydrogens is 194 g/mol. The van der Waals surface area contributed by atoms with E-state index in [9.17, 15) is 0 Å². The molecule has 1 unspecified atom stereocenters. The van der Waals surface area contributed by atoms with Gasteiger partial charge in [-0.1, -0.05) is 0 Å². The number of hydroxylamine groups is 1. The first-order valence-electron chi connectivity index (χ1n) is 3.69. The summed E-state index contributed by atoms with van der Waals surface area (Å²) in [5.74, 6) is -3.65. The van der Waals surface area contributed by atoms with Crippen molar-refractivity contribution in [1.29, 1.82) is 0 Å². The molecule has 0 aromatic carbocycles. The number of nitrogens with one attached hydrogen (secondary N) is 1. The van der Waals surface area contributed by atoms with Gasteiger partial charge >= 0.3 is 11.9 Å². The van der Waals surface area contributed by atoms with E-state index in [-0.39, 0.29) is 6.04 Å². The predicted octanol–water partition coefficient (Wildman–Crippen LogP) is -0.672. The summed E-state index contributed by atoms with van der Waals surface area (Å²) in [5, 5.41) is 14.8. The number of aliphatic carboxylic acids is 2. The minimum absolute atomic E-state index is 0.269. The van der Waals surface area contributed by atoms with Crippen LogP contribution in [-0.2, 0) is 19.2 Å². The van der Waals surface area contributed by atoms with E-state index in [2.05, 4.69) is 10.3 Å². The van der Waals surface area contributed by atoms with Crippen molar-refractivity contribution in [3.05, 3.63) is 0 Å². The van der Waals surface area contributed by atoms with E-state index < -0.39 is 11.9 Å². The van der Waals surface area contributed by atoms with E-state index >= 15 is 0 Å². The third kappa shape index (κ3) is 13.4. The van der Waals surface area contributed by atoms with E-state index in [1.807, 2.05) is 6.92 Å². The summed E-state index contributed by atoms with van der Waals surface area (Å²) in [6.45, 7) is 2.65. The van der Waals surface area contributed by atoms with Crippen molar-refractivity contribution >= 4 is 11.9 Å². The molecule has 0 aliphatic heterocycles. The van der Waals surface area contributed by atoms with Crippen LogP contribution in [0.3, 0.4) is 0 Å². The Morgan fingerprint density at radius 2 is 1.71 bits per heavy atom. The third-order valence-corrected chi connectivity index (χ3v) is 0.919. The molecule has 0 heterocycles. The van der Waals surface area contributed by atoms with Gasteiger partial charge < -0.3 is 19.8 Å². The topological polar surface area (TPSA) is 105 Å². The molecule has 0 aromatic heterocycles. The van der Waals surface area contributed by atoms with Crippen LogP contribution in [0.2, 0.25) is 0 Å². The molecule has 1 atom stereocenters. The first-order valence-corrected chi connectivity index (χ1v) is 3.69. The number of rotatable bonds is 4. The third-order valence-electron chi connectivity index (χ3n) is 0.919. The second-order valence-corrected chi connectivity index (χ2v) is 2.29. The molecule has 0 aliphatic rings. The SMILES string of the molecule is COCC(C)NOC.O=C(O)C(=O)O. The Balaban J connectivity index is 0. The van der Waals surface area contributed by atoms with Gasteiger partial charge in [-0.25, -0.2) is 9.59 Å². The zero-order valence-electron chi connectivity index (χ0n) is 8.31. The number of carbonyl (C=O) groups is 2. The number of hydrogen-bond donors (Lipinski definition) is 3. The first-order chi connectivity index (χ1) is 6.45. The van der Waals surface area contributed by atoms with E-state index in [1.54, 1.807) is 14.2 Å². The molecule has 0 rings (SSSR count). The summed E-state index contributed by atoms with van der Waals surface area (Å²) in [4.78, 5) is 22.8. The van der Waals surface area contributed by atoms with Gasteiger partial charge in [-0.15, -0.1) is 0 Å². The molecule has 0 aliphatic carbocycles. The number of methoxy groups -OCH3 is 1. The lowest BCUT2D eigenvalue weighted by Gasteiger charge is -2.08. The number of hydrogen-bond acceptors (Lipinski definition) is 5. The van der Waals surface area contributed by atoms with E-state index in [0.29, 0.717) is 6.61 Å². The molecule has 3 N–H and O–H groups in total. The summed E-state index contributed by atoms with van der Waals surface area (Å²) in [5.41, 5.74) is 2.72. The molecule has 14 heavy (non-hydrogen) atoms. The molecule has 7 nitrogen and oxygen atoms in total. The Morgan fingerprint density at radius 1 is 1.29 bits per heavy atom. The van der Waals surface area contributed by atoms with E-state index in [1.165, 1.54) is 0 Å². The fourth-order valence-corrected chi connectivity index (χ4v) is 0.485. The maximum Gasteiger partial charge on any atom is 0.414 e. The highest BCUT2D eigenvalue weighted by molar-refractivity contribution is 6.27. The Bertz CT molecular complexity index is 154. The zero-order chi connectivity index (χ0) is 11.6. The lowest BCUT2D eigenvalue weighted by Crippen LogP contribution is -2.28. The maximum absolute atomic E-state index is 9.10. The summed E-state index contributed by atoms with van der Waals surface area (Å²) in [6, 6.07) is 0.269. The van der Waals surface area contributed by atoms with Gasteiger partial charge in [0.25, 0.3) is 0 Å². The quantitative estimate of drug-likeness (QED) is 0.416. The average Bonchev–Trinajstić information content (AvgIpc) is 2.06. The lowest BCUT2D eigenvalue weighted by molar-refractivity contribution is -0.159. The standard InChI is InChI=1S/C5H13NO2.C2H2O4/c1-5(4-7-2)6-8-3;3-1(4)2(5)6/h5-6H,4H2,1-3H3;(H,3,4)(H,5,6). The molecule has 0 saturated heterocycles. The number of carboxylic acid groups (broad SMARTS) is 2. The molecule has 0 fully saturated rings. The van der Waals surface area contributed by atoms with Crippen molar-refractivity contribution < 1.29 is 29.4 Å². The Morgan fingerprint density at radius 3 is 1.93 bits per heavy atom. The summed E-state index contributed by atoms with van der Waals surface area (Å²) >= 11 is 0. The summed E-state index contributed by atoms with van der Waals surface area (Å²) in [6.07, 6.45) is 0. The molecule has 84 valence electrons. The first kappa shape index (κ1) is 15.3. The van der Waals surface area contributed by atoms with Crippen molar-refractivity contribution in [2.24, 2.45) is 0 Å². The Hall–Kier alpha value is -1.18. The van der Waals surface area contributed by atoms with Crippen LogP contribution in [0.1, 0.15) is 6.92 Å². The minimum atomic E-state index is -1.82. The van der Waals surface area contributed by atoms with Gasteiger partial charge in [-0.2, -0.15) is 5.48 Å². The van der Waals surface area contributed by atoms with Gasteiger partial charge in [0, 0.05) is 7.11 Å². The number of carboxylic acids is 2. The lowest BCUT2D eigenvalue weighted by atomic mass is 10.4. The van der Waals surface area contributed by atoms with Crippen molar-refractivity contribution in [3.8, 4) is 0 Å². The summed E-state index contributed by atoms with van der Waals surface area (Å²) < 4.78 is 4.81. The fourth-order valence-electron chi connectivity index (χ4n) is 0.485. The van der Waals surface area contributed by atoms with Crippen molar-refractivity contribution in [2.75, 3.05) is 20.8 Å². The average molecular weight is 209 g/mol. The van der Waals surface area contributed by atoms with Gasteiger partial charge in [0.2, 0.25) is 0 Å². The van der Waals surface area contributed by atoms with Crippen LogP contribution >= 0.6 is 0 Å². The Labute approximate surface area is 81.6 Å². The van der Waals surface area contributed by atoms with Gasteiger partial charge in [0.15, 0.2) is 0 Å². The molecule has 0 aromatic rings. The second kappa shape index (κ2) is 9.90. The van der Waals surface area contributed by atoms with Crippen molar-refractivity contribution in [2.45, 2.75) is 13.0 Å². The predicted molar refractivity (Wildman–Crippen MR) is 46.8 cm³/mol. The van der Waals surface area contributed by atoms with Crippen LogP contribution in [0, 0.1) is 0 Å². The van der Waals surface area contributed by atoms with Crippen LogP contribution in [0.4, 0.5) is 0 Å². The molecule has 0 radical (unpaired) electrons. The van der Waals surface area contributed by atoms with Gasteiger partial charge in [0.1, 0.15) is 0 Å². The molecule has 0 bridgehead atoms. The molecule has 7 heteroatoms. The van der Waals surface area contributed by atoms with Crippen LogP contribution < -0.4 is 5.48 Å². The highest BCUT2D eigenvalue weighted by Crippen LogP contribution is 1.79. The highest BCUT2D eigenvalue weighted by atomic mass is 16.6. The molecule has 0 spiro atoms. The van der Waals surface area contributed by atoms with Crippen LogP contribution in [0.15, 0.2) is 0 Å². The van der Waals surface area contributed by atoms with Crippen molar-refractivity contribution in [1.82, 2.24) is 5.48 Å².